The molecule has 102 valence electrons. The van der Waals surface area contributed by atoms with Gasteiger partial charge in [0.2, 0.25) is 11.8 Å². The Balaban J connectivity index is 1.67. The van der Waals surface area contributed by atoms with Crippen LogP contribution in [0.15, 0.2) is 0 Å². The summed E-state index contributed by atoms with van der Waals surface area (Å²) in [5.74, 6) is 0.465. The normalized spacial score (nSPS) is 32.1. The van der Waals surface area contributed by atoms with Crippen molar-refractivity contribution < 1.29 is 9.59 Å². The van der Waals surface area contributed by atoms with Crippen molar-refractivity contribution in [2.45, 2.75) is 44.6 Å². The van der Waals surface area contributed by atoms with Crippen molar-refractivity contribution in [1.82, 2.24) is 10.6 Å². The number of carbonyl (C=O) groups is 2. The SMILES string of the molecule is NC(=O)C1CCC(NC(=O)CC2CCNC2)CC1. The number of hydrogen-bond donors (Lipinski definition) is 3. The van der Waals surface area contributed by atoms with Crippen molar-refractivity contribution in [2.75, 3.05) is 13.1 Å². The molecule has 1 aliphatic heterocycles. The molecule has 1 heterocycles. The van der Waals surface area contributed by atoms with Crippen LogP contribution in [0.4, 0.5) is 0 Å². The second-order valence-corrected chi connectivity index (χ2v) is 5.58. The molecule has 1 saturated heterocycles. The van der Waals surface area contributed by atoms with Crippen molar-refractivity contribution in [1.29, 1.82) is 0 Å². The van der Waals surface area contributed by atoms with E-state index in [2.05, 4.69) is 10.6 Å². The molecule has 0 bridgehead atoms. The van der Waals surface area contributed by atoms with Crippen molar-refractivity contribution >= 4 is 11.8 Å². The van der Waals surface area contributed by atoms with Gasteiger partial charge in [-0.2, -0.15) is 0 Å². The van der Waals surface area contributed by atoms with Gasteiger partial charge in [0.05, 0.1) is 0 Å². The topological polar surface area (TPSA) is 84.2 Å². The summed E-state index contributed by atoms with van der Waals surface area (Å²) in [6.07, 6.45) is 5.10. The quantitative estimate of drug-likeness (QED) is 0.666. The van der Waals surface area contributed by atoms with Crippen LogP contribution < -0.4 is 16.4 Å². The van der Waals surface area contributed by atoms with Crippen LogP contribution in [-0.2, 0) is 9.59 Å². The zero-order valence-electron chi connectivity index (χ0n) is 10.8. The zero-order chi connectivity index (χ0) is 13.0. The summed E-state index contributed by atoms with van der Waals surface area (Å²) in [5, 5.41) is 6.35. The number of nitrogens with two attached hydrogens (primary N) is 1. The lowest BCUT2D eigenvalue weighted by Gasteiger charge is -2.27. The fraction of sp³-hybridized carbons (Fsp3) is 0.846. The molecule has 1 saturated carbocycles. The Kier molecular flexibility index (Phi) is 4.58. The van der Waals surface area contributed by atoms with Gasteiger partial charge in [0, 0.05) is 18.4 Å². The minimum Gasteiger partial charge on any atom is -0.369 e. The van der Waals surface area contributed by atoms with E-state index in [0.29, 0.717) is 12.3 Å². The third kappa shape index (κ3) is 3.70. The average Bonchev–Trinajstić information content (AvgIpc) is 2.82. The average molecular weight is 253 g/mol. The molecule has 0 aromatic carbocycles. The summed E-state index contributed by atoms with van der Waals surface area (Å²) in [7, 11) is 0. The predicted octanol–water partition coefficient (Wildman–Crippen LogP) is 0.146. The summed E-state index contributed by atoms with van der Waals surface area (Å²) in [4.78, 5) is 22.9. The molecular weight excluding hydrogens is 230 g/mol. The summed E-state index contributed by atoms with van der Waals surface area (Å²) in [6, 6.07) is 0.238. The van der Waals surface area contributed by atoms with E-state index in [1.54, 1.807) is 0 Å². The van der Waals surface area contributed by atoms with E-state index in [-0.39, 0.29) is 23.8 Å². The molecule has 1 aliphatic carbocycles. The Morgan fingerprint density at radius 1 is 1.17 bits per heavy atom. The van der Waals surface area contributed by atoms with Crippen molar-refractivity contribution in [2.24, 2.45) is 17.6 Å². The highest BCUT2D eigenvalue weighted by Crippen LogP contribution is 2.24. The van der Waals surface area contributed by atoms with Gasteiger partial charge in [0.25, 0.3) is 0 Å². The minimum absolute atomic E-state index is 0.0113. The number of rotatable bonds is 4. The van der Waals surface area contributed by atoms with E-state index >= 15 is 0 Å². The summed E-state index contributed by atoms with van der Waals surface area (Å²) in [5.41, 5.74) is 5.29. The molecule has 2 amide bonds. The van der Waals surface area contributed by atoms with Crippen molar-refractivity contribution in [3.05, 3.63) is 0 Å². The fourth-order valence-corrected chi connectivity index (χ4v) is 2.96. The van der Waals surface area contributed by atoms with Gasteiger partial charge < -0.3 is 16.4 Å². The monoisotopic (exact) mass is 253 g/mol. The lowest BCUT2D eigenvalue weighted by Crippen LogP contribution is -2.40. The standard InChI is InChI=1S/C13H23N3O2/c14-13(18)10-1-3-11(4-2-10)16-12(17)7-9-5-6-15-8-9/h9-11,15H,1-8H2,(H2,14,18)(H,16,17). The van der Waals surface area contributed by atoms with E-state index in [1.165, 1.54) is 0 Å². The minimum atomic E-state index is -0.197. The van der Waals surface area contributed by atoms with E-state index in [9.17, 15) is 9.59 Å². The van der Waals surface area contributed by atoms with Crippen LogP contribution >= 0.6 is 0 Å². The van der Waals surface area contributed by atoms with Gasteiger partial charge in [-0.3, -0.25) is 9.59 Å². The second kappa shape index (κ2) is 6.18. The molecule has 2 rings (SSSR count). The predicted molar refractivity (Wildman–Crippen MR) is 68.7 cm³/mol. The van der Waals surface area contributed by atoms with Gasteiger partial charge in [-0.15, -0.1) is 0 Å². The van der Waals surface area contributed by atoms with Gasteiger partial charge >= 0.3 is 0 Å². The first-order valence-corrected chi connectivity index (χ1v) is 6.94. The first-order chi connectivity index (χ1) is 8.65. The Labute approximate surface area is 108 Å². The first-order valence-electron chi connectivity index (χ1n) is 6.94. The molecule has 0 aromatic rings. The highest BCUT2D eigenvalue weighted by atomic mass is 16.2. The van der Waals surface area contributed by atoms with Gasteiger partial charge in [0.1, 0.15) is 0 Å². The molecular formula is C13H23N3O2. The maximum absolute atomic E-state index is 11.9. The Hall–Kier alpha value is -1.10. The molecule has 5 heteroatoms. The maximum atomic E-state index is 11.9. The molecule has 1 unspecified atom stereocenters. The zero-order valence-corrected chi connectivity index (χ0v) is 10.8. The Bertz CT molecular complexity index is 305. The second-order valence-electron chi connectivity index (χ2n) is 5.58. The molecule has 1 atom stereocenters. The number of hydrogen-bond acceptors (Lipinski definition) is 3. The largest absolute Gasteiger partial charge is 0.369 e. The number of nitrogens with one attached hydrogen (secondary N) is 2. The smallest absolute Gasteiger partial charge is 0.220 e. The third-order valence-electron chi connectivity index (χ3n) is 4.13. The van der Waals surface area contributed by atoms with Crippen LogP contribution in [-0.4, -0.2) is 30.9 Å². The van der Waals surface area contributed by atoms with Crippen molar-refractivity contribution in [3.8, 4) is 0 Å². The summed E-state index contributed by atoms with van der Waals surface area (Å²) in [6.45, 7) is 1.99. The molecule has 0 radical (unpaired) electrons. The fourth-order valence-electron chi connectivity index (χ4n) is 2.96. The molecule has 18 heavy (non-hydrogen) atoms. The molecule has 0 aromatic heterocycles. The summed E-state index contributed by atoms with van der Waals surface area (Å²) >= 11 is 0. The first kappa shape index (κ1) is 13.3. The molecule has 5 nitrogen and oxygen atoms in total. The van der Waals surface area contributed by atoms with Crippen LogP contribution in [0.2, 0.25) is 0 Å². The molecule has 2 aliphatic rings. The van der Waals surface area contributed by atoms with Crippen LogP contribution in [0.5, 0.6) is 0 Å². The number of carbonyl (C=O) groups excluding carboxylic acids is 2. The Morgan fingerprint density at radius 2 is 1.89 bits per heavy atom. The maximum Gasteiger partial charge on any atom is 0.220 e. The Morgan fingerprint density at radius 3 is 2.44 bits per heavy atom. The lowest BCUT2D eigenvalue weighted by atomic mass is 9.85. The van der Waals surface area contributed by atoms with Crippen LogP contribution in [0, 0.1) is 11.8 Å². The van der Waals surface area contributed by atoms with Gasteiger partial charge in [-0.1, -0.05) is 0 Å². The van der Waals surface area contributed by atoms with E-state index < -0.39 is 0 Å². The van der Waals surface area contributed by atoms with Crippen molar-refractivity contribution in [3.63, 3.8) is 0 Å². The van der Waals surface area contributed by atoms with Gasteiger partial charge in [-0.25, -0.2) is 0 Å². The highest BCUT2D eigenvalue weighted by Gasteiger charge is 2.26. The molecule has 0 spiro atoms. The number of amides is 2. The third-order valence-corrected chi connectivity index (χ3v) is 4.13. The molecule has 2 fully saturated rings. The van der Waals surface area contributed by atoms with Crippen LogP contribution in [0.3, 0.4) is 0 Å². The molecule has 4 N–H and O–H groups in total. The van der Waals surface area contributed by atoms with Gasteiger partial charge in [-0.05, 0) is 51.1 Å². The highest BCUT2D eigenvalue weighted by molar-refractivity contribution is 5.77. The number of primary amides is 1. The lowest BCUT2D eigenvalue weighted by molar-refractivity contribution is -0.123. The summed E-state index contributed by atoms with van der Waals surface area (Å²) < 4.78 is 0. The van der Waals surface area contributed by atoms with Crippen LogP contribution in [0.25, 0.3) is 0 Å². The van der Waals surface area contributed by atoms with Gasteiger partial charge in [0.15, 0.2) is 0 Å². The van der Waals surface area contributed by atoms with Crippen LogP contribution in [0.1, 0.15) is 38.5 Å². The van der Waals surface area contributed by atoms with E-state index in [4.69, 9.17) is 5.73 Å². The van der Waals surface area contributed by atoms with E-state index in [1.807, 2.05) is 0 Å². The van der Waals surface area contributed by atoms with E-state index in [0.717, 1.165) is 45.2 Å².